The summed E-state index contributed by atoms with van der Waals surface area (Å²) in [5, 5.41) is 9.10. The Morgan fingerprint density at radius 2 is 2.05 bits per heavy atom. The van der Waals surface area contributed by atoms with Crippen LogP contribution in [0.15, 0.2) is 24.5 Å². The molecule has 2 rings (SSSR count). The highest BCUT2D eigenvalue weighted by Gasteiger charge is 2.37. The number of carboxylic acid groups (broad SMARTS) is 1. The van der Waals surface area contributed by atoms with E-state index in [-0.39, 0.29) is 18.5 Å². The van der Waals surface area contributed by atoms with Gasteiger partial charge in [0.25, 0.3) is 0 Å². The number of amides is 2. The Morgan fingerprint density at radius 3 is 2.60 bits per heavy atom. The molecule has 2 heterocycles. The summed E-state index contributed by atoms with van der Waals surface area (Å²) < 4.78 is 0. The van der Waals surface area contributed by atoms with E-state index in [2.05, 4.69) is 4.98 Å². The minimum atomic E-state index is -0.829. The van der Waals surface area contributed by atoms with Gasteiger partial charge in [0, 0.05) is 39.1 Å². The zero-order chi connectivity index (χ0) is 14.7. The molecule has 6 heteroatoms. The summed E-state index contributed by atoms with van der Waals surface area (Å²) in [6.45, 7) is 3.14. The van der Waals surface area contributed by atoms with Gasteiger partial charge < -0.3 is 14.9 Å². The van der Waals surface area contributed by atoms with Gasteiger partial charge in [-0.05, 0) is 23.6 Å². The van der Waals surface area contributed by atoms with Crippen molar-refractivity contribution in [3.8, 4) is 0 Å². The smallest absolute Gasteiger partial charge is 0.320 e. The number of carbonyl (C=O) groups is 2. The number of carbonyl (C=O) groups excluding carboxylic acids is 1. The Morgan fingerprint density at radius 1 is 1.40 bits per heavy atom. The van der Waals surface area contributed by atoms with E-state index in [1.54, 1.807) is 29.2 Å². The van der Waals surface area contributed by atoms with Crippen LogP contribution in [0.2, 0.25) is 0 Å². The monoisotopic (exact) mass is 277 g/mol. The van der Waals surface area contributed by atoms with Gasteiger partial charge in [-0.15, -0.1) is 0 Å². The highest BCUT2D eigenvalue weighted by Crippen LogP contribution is 2.24. The number of aromatic nitrogens is 1. The van der Waals surface area contributed by atoms with Gasteiger partial charge in [-0.1, -0.05) is 6.92 Å². The van der Waals surface area contributed by atoms with Crippen LogP contribution in [0, 0.1) is 11.8 Å². The summed E-state index contributed by atoms with van der Waals surface area (Å²) in [6, 6.07) is 3.59. The number of rotatable bonds is 3. The van der Waals surface area contributed by atoms with Crippen LogP contribution in [0.1, 0.15) is 12.5 Å². The number of hydrogen-bond donors (Lipinski definition) is 1. The minimum absolute atomic E-state index is 0.00854. The second kappa shape index (κ2) is 5.90. The molecule has 0 spiro atoms. The fourth-order valence-electron chi connectivity index (χ4n) is 2.52. The molecule has 1 N–H and O–H groups in total. The van der Waals surface area contributed by atoms with E-state index < -0.39 is 11.9 Å². The molecule has 0 radical (unpaired) electrons. The number of carboxylic acids is 1. The molecule has 0 aromatic carbocycles. The second-order valence-corrected chi connectivity index (χ2v) is 5.32. The van der Waals surface area contributed by atoms with Crippen LogP contribution in [-0.2, 0) is 11.3 Å². The predicted molar refractivity (Wildman–Crippen MR) is 73.0 cm³/mol. The van der Waals surface area contributed by atoms with Crippen molar-refractivity contribution < 1.29 is 14.7 Å². The Bertz CT molecular complexity index is 492. The first kappa shape index (κ1) is 14.3. The highest BCUT2D eigenvalue weighted by molar-refractivity contribution is 5.77. The first-order valence-electron chi connectivity index (χ1n) is 6.60. The molecule has 1 aliphatic heterocycles. The molecule has 0 aliphatic carbocycles. The highest BCUT2D eigenvalue weighted by atomic mass is 16.4. The van der Waals surface area contributed by atoms with Crippen molar-refractivity contribution >= 4 is 12.0 Å². The molecule has 2 atom stereocenters. The zero-order valence-corrected chi connectivity index (χ0v) is 11.7. The van der Waals surface area contributed by atoms with E-state index >= 15 is 0 Å². The molecule has 2 unspecified atom stereocenters. The lowest BCUT2D eigenvalue weighted by Crippen LogP contribution is -2.40. The van der Waals surface area contributed by atoms with E-state index in [1.807, 2.05) is 19.1 Å². The molecular formula is C14H19N3O3. The minimum Gasteiger partial charge on any atom is -0.481 e. The summed E-state index contributed by atoms with van der Waals surface area (Å²) in [6.07, 6.45) is 3.37. The third-order valence-electron chi connectivity index (χ3n) is 3.70. The molecule has 1 aromatic rings. The first-order chi connectivity index (χ1) is 9.49. The lowest BCUT2D eigenvalue weighted by molar-refractivity contribution is -0.142. The van der Waals surface area contributed by atoms with Crippen LogP contribution in [0.4, 0.5) is 4.79 Å². The van der Waals surface area contributed by atoms with Gasteiger partial charge >= 0.3 is 12.0 Å². The van der Waals surface area contributed by atoms with Crippen LogP contribution in [0.25, 0.3) is 0 Å². The number of urea groups is 1. The third-order valence-corrected chi connectivity index (χ3v) is 3.70. The van der Waals surface area contributed by atoms with E-state index in [9.17, 15) is 9.59 Å². The number of aliphatic carboxylic acids is 1. The Kier molecular flexibility index (Phi) is 4.22. The molecule has 108 valence electrons. The van der Waals surface area contributed by atoms with Gasteiger partial charge in [0.1, 0.15) is 0 Å². The van der Waals surface area contributed by atoms with Crippen molar-refractivity contribution in [2.45, 2.75) is 13.5 Å². The van der Waals surface area contributed by atoms with Crippen molar-refractivity contribution in [1.29, 1.82) is 0 Å². The van der Waals surface area contributed by atoms with E-state index in [0.717, 1.165) is 5.56 Å². The maximum absolute atomic E-state index is 12.3. The van der Waals surface area contributed by atoms with Crippen LogP contribution in [0.5, 0.6) is 0 Å². The summed E-state index contributed by atoms with van der Waals surface area (Å²) in [5.74, 6) is -1.30. The molecule has 1 saturated heterocycles. The molecule has 0 saturated carbocycles. The maximum Gasteiger partial charge on any atom is 0.320 e. The Hall–Kier alpha value is -2.11. The molecule has 6 nitrogen and oxygen atoms in total. The summed E-state index contributed by atoms with van der Waals surface area (Å²) in [7, 11) is 1.72. The fourth-order valence-corrected chi connectivity index (χ4v) is 2.52. The average molecular weight is 277 g/mol. The van der Waals surface area contributed by atoms with Crippen LogP contribution >= 0.6 is 0 Å². The molecule has 1 fully saturated rings. The number of hydrogen-bond acceptors (Lipinski definition) is 3. The summed E-state index contributed by atoms with van der Waals surface area (Å²) in [4.78, 5) is 30.5. The fraction of sp³-hybridized carbons (Fsp3) is 0.500. The van der Waals surface area contributed by atoms with Gasteiger partial charge in [0.05, 0.1) is 5.92 Å². The van der Waals surface area contributed by atoms with Crippen molar-refractivity contribution in [3.05, 3.63) is 30.1 Å². The van der Waals surface area contributed by atoms with Crippen LogP contribution in [0.3, 0.4) is 0 Å². The SMILES string of the molecule is CC1CN(C(=O)N(C)Cc2ccncc2)CC1C(=O)O. The van der Waals surface area contributed by atoms with Crippen molar-refractivity contribution in [2.24, 2.45) is 11.8 Å². The Labute approximate surface area is 118 Å². The quantitative estimate of drug-likeness (QED) is 0.903. The molecule has 1 aliphatic rings. The van der Waals surface area contributed by atoms with Crippen LogP contribution < -0.4 is 0 Å². The van der Waals surface area contributed by atoms with Crippen LogP contribution in [-0.4, -0.2) is 52.0 Å². The predicted octanol–water partition coefficient (Wildman–Crippen LogP) is 1.29. The Balaban J connectivity index is 1.96. The van der Waals surface area contributed by atoms with E-state index in [0.29, 0.717) is 13.1 Å². The summed E-state index contributed by atoms with van der Waals surface area (Å²) >= 11 is 0. The maximum atomic E-state index is 12.3. The van der Waals surface area contributed by atoms with Gasteiger partial charge in [-0.3, -0.25) is 9.78 Å². The van der Waals surface area contributed by atoms with Crippen molar-refractivity contribution in [1.82, 2.24) is 14.8 Å². The third kappa shape index (κ3) is 3.07. The van der Waals surface area contributed by atoms with Gasteiger partial charge in [0.15, 0.2) is 0 Å². The normalized spacial score (nSPS) is 21.8. The standard InChI is InChI=1S/C14H19N3O3/c1-10-7-17(9-12(10)13(18)19)14(20)16(2)8-11-3-5-15-6-4-11/h3-6,10,12H,7-9H2,1-2H3,(H,18,19). The first-order valence-corrected chi connectivity index (χ1v) is 6.60. The summed E-state index contributed by atoms with van der Waals surface area (Å²) in [5.41, 5.74) is 0.998. The largest absolute Gasteiger partial charge is 0.481 e. The topological polar surface area (TPSA) is 73.7 Å². The van der Waals surface area contributed by atoms with Gasteiger partial charge in [-0.2, -0.15) is 0 Å². The number of likely N-dealkylation sites (tertiary alicyclic amines) is 1. The average Bonchev–Trinajstić information content (AvgIpc) is 2.81. The lowest BCUT2D eigenvalue weighted by atomic mass is 9.99. The van der Waals surface area contributed by atoms with Crippen molar-refractivity contribution in [2.75, 3.05) is 20.1 Å². The number of pyridine rings is 1. The molecular weight excluding hydrogens is 258 g/mol. The van der Waals surface area contributed by atoms with E-state index in [4.69, 9.17) is 5.11 Å². The van der Waals surface area contributed by atoms with E-state index in [1.165, 1.54) is 0 Å². The molecule has 0 bridgehead atoms. The van der Waals surface area contributed by atoms with Gasteiger partial charge in [0.2, 0.25) is 0 Å². The molecule has 2 amide bonds. The molecule has 1 aromatic heterocycles. The number of nitrogens with zero attached hydrogens (tertiary/aromatic N) is 3. The molecule has 20 heavy (non-hydrogen) atoms. The lowest BCUT2D eigenvalue weighted by Gasteiger charge is -2.24. The second-order valence-electron chi connectivity index (χ2n) is 5.32. The van der Waals surface area contributed by atoms with Gasteiger partial charge in [-0.25, -0.2) is 4.79 Å². The zero-order valence-electron chi connectivity index (χ0n) is 11.7. The van der Waals surface area contributed by atoms with Crippen molar-refractivity contribution in [3.63, 3.8) is 0 Å².